The van der Waals surface area contributed by atoms with Gasteiger partial charge >= 0.3 is 0 Å². The molecule has 0 bridgehead atoms. The van der Waals surface area contributed by atoms with Crippen LogP contribution >= 0.6 is 11.6 Å². The van der Waals surface area contributed by atoms with E-state index >= 15 is 0 Å². The summed E-state index contributed by atoms with van der Waals surface area (Å²) in [7, 11) is -3.61. The molecule has 6 nitrogen and oxygen atoms in total. The van der Waals surface area contributed by atoms with Gasteiger partial charge in [0.1, 0.15) is 0 Å². The lowest BCUT2D eigenvalue weighted by atomic mass is 10.2. The first-order valence-corrected chi connectivity index (χ1v) is 9.51. The molecule has 1 N–H and O–H groups in total. The van der Waals surface area contributed by atoms with Gasteiger partial charge in [-0.25, -0.2) is 8.42 Å². The fourth-order valence-electron chi connectivity index (χ4n) is 2.10. The Bertz CT molecular complexity index is 905. The van der Waals surface area contributed by atoms with Crippen LogP contribution in [-0.2, 0) is 21.4 Å². The quantitative estimate of drug-likeness (QED) is 0.837. The number of benzene rings is 2. The van der Waals surface area contributed by atoms with Crippen LogP contribution in [0.1, 0.15) is 11.1 Å². The molecule has 2 aromatic rings. The summed E-state index contributed by atoms with van der Waals surface area (Å²) in [5.41, 5.74) is 1.56. The zero-order chi connectivity index (χ0) is 18.4. The van der Waals surface area contributed by atoms with Gasteiger partial charge in [0.2, 0.25) is 15.9 Å². The van der Waals surface area contributed by atoms with Crippen molar-refractivity contribution in [1.82, 2.24) is 4.31 Å². The van der Waals surface area contributed by atoms with Crippen molar-refractivity contribution in [1.29, 1.82) is 5.26 Å². The second-order valence-electron chi connectivity index (χ2n) is 5.36. The first-order chi connectivity index (χ1) is 11.8. The Morgan fingerprint density at radius 2 is 1.84 bits per heavy atom. The van der Waals surface area contributed by atoms with E-state index in [4.69, 9.17) is 16.9 Å². The summed E-state index contributed by atoms with van der Waals surface area (Å²) in [4.78, 5) is 12.2. The Labute approximate surface area is 151 Å². The first-order valence-electron chi connectivity index (χ1n) is 7.28. The second kappa shape index (κ2) is 8.12. The number of amides is 1. The summed E-state index contributed by atoms with van der Waals surface area (Å²) in [5.74, 6) is -0.484. The smallest absolute Gasteiger partial charge is 0.239 e. The summed E-state index contributed by atoms with van der Waals surface area (Å²) in [5, 5.41) is 11.8. The number of anilines is 1. The van der Waals surface area contributed by atoms with Crippen LogP contribution in [0.15, 0.2) is 48.5 Å². The molecule has 0 heterocycles. The van der Waals surface area contributed by atoms with Crippen LogP contribution in [0.2, 0.25) is 5.02 Å². The molecule has 0 radical (unpaired) electrons. The molecule has 1 amide bonds. The molecule has 0 aliphatic rings. The zero-order valence-corrected chi connectivity index (χ0v) is 15.0. The van der Waals surface area contributed by atoms with E-state index in [0.717, 1.165) is 10.6 Å². The molecule has 0 aliphatic carbocycles. The Kier molecular flexibility index (Phi) is 6.15. The summed E-state index contributed by atoms with van der Waals surface area (Å²) >= 11 is 6.06. The van der Waals surface area contributed by atoms with Crippen LogP contribution < -0.4 is 5.32 Å². The number of rotatable bonds is 6. The predicted octanol–water partition coefficient (Wildman–Crippen LogP) is 2.61. The average molecular weight is 378 g/mol. The largest absolute Gasteiger partial charge is 0.325 e. The summed E-state index contributed by atoms with van der Waals surface area (Å²) in [6, 6.07) is 15.1. The van der Waals surface area contributed by atoms with Gasteiger partial charge in [-0.05, 0) is 35.9 Å². The van der Waals surface area contributed by atoms with E-state index in [1.54, 1.807) is 48.5 Å². The van der Waals surface area contributed by atoms with E-state index in [-0.39, 0.29) is 13.1 Å². The normalized spacial score (nSPS) is 11.1. The Morgan fingerprint density at radius 3 is 2.40 bits per heavy atom. The van der Waals surface area contributed by atoms with Gasteiger partial charge in [-0.3, -0.25) is 4.79 Å². The fourth-order valence-corrected chi connectivity index (χ4v) is 3.02. The molecule has 2 rings (SSSR count). The Hall–Kier alpha value is -2.40. The van der Waals surface area contributed by atoms with Crippen LogP contribution in [-0.4, -0.2) is 31.4 Å². The maximum atomic E-state index is 12.2. The number of nitrogens with one attached hydrogen (secondary N) is 1. The highest BCUT2D eigenvalue weighted by Gasteiger charge is 2.21. The van der Waals surface area contributed by atoms with E-state index in [1.807, 2.05) is 6.07 Å². The van der Waals surface area contributed by atoms with Crippen molar-refractivity contribution in [2.24, 2.45) is 0 Å². The van der Waals surface area contributed by atoms with E-state index in [1.165, 1.54) is 0 Å². The topological polar surface area (TPSA) is 90.3 Å². The molecule has 25 heavy (non-hydrogen) atoms. The third-order valence-corrected chi connectivity index (χ3v) is 4.96. The van der Waals surface area contributed by atoms with Gasteiger partial charge in [-0.15, -0.1) is 0 Å². The molecule has 0 saturated heterocycles. The second-order valence-corrected chi connectivity index (χ2v) is 7.75. The molecule has 0 atom stereocenters. The van der Waals surface area contributed by atoms with Crippen molar-refractivity contribution in [3.8, 4) is 6.07 Å². The lowest BCUT2D eigenvalue weighted by Gasteiger charge is -2.20. The Balaban J connectivity index is 2.10. The number of hydrogen-bond donors (Lipinski definition) is 1. The number of nitrogens with zero attached hydrogens (tertiary/aromatic N) is 2. The van der Waals surface area contributed by atoms with Crippen LogP contribution in [0.5, 0.6) is 0 Å². The minimum Gasteiger partial charge on any atom is -0.325 e. The van der Waals surface area contributed by atoms with Gasteiger partial charge in [-0.2, -0.15) is 9.57 Å². The minimum absolute atomic E-state index is 0.000698. The van der Waals surface area contributed by atoms with Crippen molar-refractivity contribution in [3.63, 3.8) is 0 Å². The SMILES string of the molecule is CS(=O)(=O)N(CC(=O)Nc1ccc(C#N)cc1)Cc1ccccc1Cl. The lowest BCUT2D eigenvalue weighted by molar-refractivity contribution is -0.116. The van der Waals surface area contributed by atoms with Gasteiger partial charge in [0.05, 0.1) is 24.4 Å². The molecule has 0 unspecified atom stereocenters. The highest BCUT2D eigenvalue weighted by Crippen LogP contribution is 2.18. The van der Waals surface area contributed by atoms with Gasteiger partial charge in [0, 0.05) is 17.3 Å². The van der Waals surface area contributed by atoms with E-state index in [2.05, 4.69) is 5.32 Å². The highest BCUT2D eigenvalue weighted by molar-refractivity contribution is 7.88. The van der Waals surface area contributed by atoms with Crippen LogP contribution in [0.4, 0.5) is 5.69 Å². The van der Waals surface area contributed by atoms with Gasteiger partial charge in [0.25, 0.3) is 0 Å². The minimum atomic E-state index is -3.61. The third-order valence-electron chi connectivity index (χ3n) is 3.39. The van der Waals surface area contributed by atoms with Crippen molar-refractivity contribution in [3.05, 3.63) is 64.7 Å². The predicted molar refractivity (Wildman–Crippen MR) is 96.5 cm³/mol. The third kappa shape index (κ3) is 5.57. The maximum absolute atomic E-state index is 12.2. The van der Waals surface area contributed by atoms with Crippen molar-refractivity contribution in [2.75, 3.05) is 18.1 Å². The number of halogens is 1. The van der Waals surface area contributed by atoms with Crippen LogP contribution in [0, 0.1) is 11.3 Å². The molecule has 8 heteroatoms. The molecule has 0 aromatic heterocycles. The standard InChI is InChI=1S/C17H16ClN3O3S/c1-25(23,24)21(11-14-4-2-3-5-16(14)18)12-17(22)20-15-8-6-13(10-19)7-9-15/h2-9H,11-12H2,1H3,(H,20,22). The number of hydrogen-bond acceptors (Lipinski definition) is 4. The number of carbonyl (C=O) groups is 1. The number of nitriles is 1. The molecular weight excluding hydrogens is 362 g/mol. The van der Waals surface area contributed by atoms with Crippen molar-refractivity contribution < 1.29 is 13.2 Å². The van der Waals surface area contributed by atoms with Crippen molar-refractivity contribution >= 4 is 33.2 Å². The molecule has 0 aliphatic heterocycles. The number of sulfonamides is 1. The van der Waals surface area contributed by atoms with Crippen molar-refractivity contribution in [2.45, 2.75) is 6.54 Å². The summed E-state index contributed by atoms with van der Waals surface area (Å²) in [6.07, 6.45) is 1.04. The van der Waals surface area contributed by atoms with Crippen LogP contribution in [0.25, 0.3) is 0 Å². The molecule has 0 saturated carbocycles. The molecule has 0 fully saturated rings. The van der Waals surface area contributed by atoms with Crippen LogP contribution in [0.3, 0.4) is 0 Å². The van der Waals surface area contributed by atoms with E-state index < -0.39 is 15.9 Å². The monoisotopic (exact) mass is 377 g/mol. The van der Waals surface area contributed by atoms with Gasteiger partial charge < -0.3 is 5.32 Å². The molecule has 130 valence electrons. The fraction of sp³-hybridized carbons (Fsp3) is 0.176. The maximum Gasteiger partial charge on any atom is 0.239 e. The highest BCUT2D eigenvalue weighted by atomic mass is 35.5. The Morgan fingerprint density at radius 1 is 1.20 bits per heavy atom. The summed E-state index contributed by atoms with van der Waals surface area (Å²) < 4.78 is 25.0. The zero-order valence-electron chi connectivity index (χ0n) is 13.4. The summed E-state index contributed by atoms with van der Waals surface area (Å²) in [6.45, 7) is -0.344. The van der Waals surface area contributed by atoms with Gasteiger partial charge in [0.15, 0.2) is 0 Å². The van der Waals surface area contributed by atoms with E-state index in [0.29, 0.717) is 21.8 Å². The number of carbonyl (C=O) groups excluding carboxylic acids is 1. The molecule has 2 aromatic carbocycles. The first kappa shape index (κ1) is 18.9. The van der Waals surface area contributed by atoms with Gasteiger partial charge in [-0.1, -0.05) is 29.8 Å². The van der Waals surface area contributed by atoms with E-state index in [9.17, 15) is 13.2 Å². The molecular formula is C17H16ClN3O3S. The average Bonchev–Trinajstić information content (AvgIpc) is 2.56. The molecule has 0 spiro atoms. The lowest BCUT2D eigenvalue weighted by Crippen LogP contribution is -2.37.